The summed E-state index contributed by atoms with van der Waals surface area (Å²) >= 11 is 5.92. The standard InChI is InChI=1S/C20H22ClN3O7S/c1-4-23(5-2)32(29,30)18-10-14(7-6-13(18)3)20(26)31-12-19(25)22-17-11-15(24(27)28)8-9-16(17)21/h6-11H,4-5,12H2,1-3H3,(H,22,25). The van der Waals surface area contributed by atoms with E-state index in [1.165, 1.54) is 34.6 Å². The molecule has 1 N–H and O–H groups in total. The van der Waals surface area contributed by atoms with Gasteiger partial charge in [-0.3, -0.25) is 14.9 Å². The summed E-state index contributed by atoms with van der Waals surface area (Å²) in [7, 11) is -3.80. The summed E-state index contributed by atoms with van der Waals surface area (Å²) in [5.41, 5.74) is 0.141. The lowest BCUT2D eigenvalue weighted by Gasteiger charge is -2.20. The molecule has 2 aromatic rings. The number of aryl methyl sites for hydroxylation is 1. The highest BCUT2D eigenvalue weighted by Gasteiger charge is 2.25. The minimum Gasteiger partial charge on any atom is -0.452 e. The SMILES string of the molecule is CCN(CC)S(=O)(=O)c1cc(C(=O)OCC(=O)Nc2cc([N+](=O)[O-])ccc2Cl)ccc1C. The number of esters is 1. The van der Waals surface area contributed by atoms with Crippen molar-refractivity contribution in [2.75, 3.05) is 25.0 Å². The van der Waals surface area contributed by atoms with E-state index in [9.17, 15) is 28.1 Å². The van der Waals surface area contributed by atoms with Gasteiger partial charge in [-0.25, -0.2) is 13.2 Å². The van der Waals surface area contributed by atoms with Gasteiger partial charge < -0.3 is 10.1 Å². The predicted octanol–water partition coefficient (Wildman–Crippen LogP) is 3.38. The van der Waals surface area contributed by atoms with Crippen molar-refractivity contribution >= 4 is 44.9 Å². The van der Waals surface area contributed by atoms with Crippen LogP contribution in [0.2, 0.25) is 5.02 Å². The lowest BCUT2D eigenvalue weighted by Crippen LogP contribution is -2.31. The van der Waals surface area contributed by atoms with Crippen LogP contribution in [0.25, 0.3) is 0 Å². The van der Waals surface area contributed by atoms with Crippen molar-refractivity contribution in [1.29, 1.82) is 0 Å². The number of rotatable bonds is 9. The van der Waals surface area contributed by atoms with E-state index in [1.807, 2.05) is 0 Å². The zero-order chi connectivity index (χ0) is 24.1. The Kier molecular flexibility index (Phi) is 8.31. The monoisotopic (exact) mass is 483 g/mol. The molecule has 0 aliphatic heterocycles. The molecule has 12 heteroatoms. The molecule has 10 nitrogen and oxygen atoms in total. The number of hydrogen-bond donors (Lipinski definition) is 1. The van der Waals surface area contributed by atoms with Gasteiger partial charge in [0.1, 0.15) is 0 Å². The number of nitrogens with zero attached hydrogens (tertiary/aromatic N) is 2. The molecule has 0 heterocycles. The Balaban J connectivity index is 2.13. The summed E-state index contributed by atoms with van der Waals surface area (Å²) in [4.78, 5) is 34.7. The number of carbonyl (C=O) groups excluding carboxylic acids is 2. The number of ether oxygens (including phenoxy) is 1. The number of anilines is 1. The molecule has 1 amide bonds. The first-order valence-corrected chi connectivity index (χ1v) is 11.3. The summed E-state index contributed by atoms with van der Waals surface area (Å²) in [6, 6.07) is 7.60. The van der Waals surface area contributed by atoms with Gasteiger partial charge in [0.25, 0.3) is 11.6 Å². The molecule has 2 rings (SSSR count). The van der Waals surface area contributed by atoms with Gasteiger partial charge >= 0.3 is 5.97 Å². The number of nitro benzene ring substituents is 1. The van der Waals surface area contributed by atoms with Crippen LogP contribution in [0.3, 0.4) is 0 Å². The minimum atomic E-state index is -3.80. The second kappa shape index (κ2) is 10.5. The number of nitro groups is 1. The molecule has 32 heavy (non-hydrogen) atoms. The van der Waals surface area contributed by atoms with Crippen LogP contribution in [-0.4, -0.2) is 49.2 Å². The van der Waals surface area contributed by atoms with Crippen LogP contribution >= 0.6 is 11.6 Å². The minimum absolute atomic E-state index is 0.00939. The second-order valence-corrected chi connectivity index (χ2v) is 8.93. The first-order chi connectivity index (χ1) is 15.0. The van der Waals surface area contributed by atoms with Crippen molar-refractivity contribution < 1.29 is 27.7 Å². The van der Waals surface area contributed by atoms with Crippen molar-refractivity contribution in [2.24, 2.45) is 0 Å². The maximum Gasteiger partial charge on any atom is 0.338 e. The Morgan fingerprint density at radius 3 is 2.41 bits per heavy atom. The van der Waals surface area contributed by atoms with Crippen molar-refractivity contribution in [3.8, 4) is 0 Å². The third kappa shape index (κ3) is 5.81. The van der Waals surface area contributed by atoms with Crippen LogP contribution in [0.5, 0.6) is 0 Å². The second-order valence-electron chi connectivity index (χ2n) is 6.62. The topological polar surface area (TPSA) is 136 Å². The van der Waals surface area contributed by atoms with E-state index in [-0.39, 0.29) is 39.9 Å². The predicted molar refractivity (Wildman–Crippen MR) is 118 cm³/mol. The summed E-state index contributed by atoms with van der Waals surface area (Å²) in [6.07, 6.45) is 0. The van der Waals surface area contributed by atoms with Crippen LogP contribution in [0, 0.1) is 17.0 Å². The molecule has 0 radical (unpaired) electrons. The highest BCUT2D eigenvalue weighted by atomic mass is 35.5. The van der Waals surface area contributed by atoms with E-state index in [1.54, 1.807) is 20.8 Å². The molecular formula is C20H22ClN3O7S. The number of amides is 1. The molecule has 2 aromatic carbocycles. The lowest BCUT2D eigenvalue weighted by atomic mass is 10.1. The molecule has 0 fully saturated rings. The summed E-state index contributed by atoms with van der Waals surface area (Å²) < 4.78 is 31.9. The Hall–Kier alpha value is -3.02. The third-order valence-corrected chi connectivity index (χ3v) is 7.04. The first-order valence-electron chi connectivity index (χ1n) is 9.53. The van der Waals surface area contributed by atoms with E-state index in [0.29, 0.717) is 5.56 Å². The van der Waals surface area contributed by atoms with E-state index in [4.69, 9.17) is 16.3 Å². The molecule has 0 aliphatic carbocycles. The number of carbonyl (C=O) groups is 2. The average molecular weight is 484 g/mol. The van der Waals surface area contributed by atoms with E-state index >= 15 is 0 Å². The largest absolute Gasteiger partial charge is 0.452 e. The molecule has 0 aromatic heterocycles. The number of benzene rings is 2. The summed E-state index contributed by atoms with van der Waals surface area (Å²) in [5.74, 6) is -1.68. The van der Waals surface area contributed by atoms with E-state index in [0.717, 1.165) is 6.07 Å². The molecule has 172 valence electrons. The van der Waals surface area contributed by atoms with Gasteiger partial charge in [0.15, 0.2) is 6.61 Å². The number of halogens is 1. The molecule has 0 atom stereocenters. The maximum atomic E-state index is 12.8. The number of sulfonamides is 1. The maximum absolute atomic E-state index is 12.8. The molecule has 0 aliphatic rings. The molecule has 0 unspecified atom stereocenters. The van der Waals surface area contributed by atoms with E-state index in [2.05, 4.69) is 5.32 Å². The fraction of sp³-hybridized carbons (Fsp3) is 0.300. The fourth-order valence-corrected chi connectivity index (χ4v) is 4.70. The lowest BCUT2D eigenvalue weighted by molar-refractivity contribution is -0.384. The average Bonchev–Trinajstić information content (AvgIpc) is 2.74. The number of nitrogens with one attached hydrogen (secondary N) is 1. The summed E-state index contributed by atoms with van der Waals surface area (Å²) in [6.45, 7) is 4.87. The first kappa shape index (κ1) is 25.2. The molecule has 0 spiro atoms. The van der Waals surface area contributed by atoms with Crippen molar-refractivity contribution in [1.82, 2.24) is 4.31 Å². The van der Waals surface area contributed by atoms with Gasteiger partial charge in [-0.15, -0.1) is 0 Å². The fourth-order valence-electron chi connectivity index (χ4n) is 2.83. The van der Waals surface area contributed by atoms with Crippen LogP contribution < -0.4 is 5.32 Å². The van der Waals surface area contributed by atoms with Gasteiger partial charge in [0, 0.05) is 25.2 Å². The third-order valence-electron chi connectivity index (χ3n) is 4.52. The Morgan fingerprint density at radius 1 is 1.16 bits per heavy atom. The smallest absolute Gasteiger partial charge is 0.338 e. The van der Waals surface area contributed by atoms with Gasteiger partial charge in [-0.1, -0.05) is 31.5 Å². The van der Waals surface area contributed by atoms with Crippen molar-refractivity contribution in [2.45, 2.75) is 25.7 Å². The van der Waals surface area contributed by atoms with Crippen LogP contribution in [0.1, 0.15) is 29.8 Å². The van der Waals surface area contributed by atoms with Crippen molar-refractivity contribution in [3.05, 3.63) is 62.7 Å². The van der Waals surface area contributed by atoms with Gasteiger partial charge in [0.2, 0.25) is 10.0 Å². The Bertz CT molecular complexity index is 1150. The molecule has 0 saturated carbocycles. The zero-order valence-electron chi connectivity index (χ0n) is 17.6. The molecule has 0 saturated heterocycles. The van der Waals surface area contributed by atoms with Gasteiger partial charge in [-0.2, -0.15) is 4.31 Å². The number of hydrogen-bond acceptors (Lipinski definition) is 7. The van der Waals surface area contributed by atoms with Crippen LogP contribution in [0.4, 0.5) is 11.4 Å². The van der Waals surface area contributed by atoms with Crippen molar-refractivity contribution in [3.63, 3.8) is 0 Å². The summed E-state index contributed by atoms with van der Waals surface area (Å²) in [5, 5.41) is 13.3. The van der Waals surface area contributed by atoms with Gasteiger partial charge in [0.05, 0.1) is 26.1 Å². The zero-order valence-corrected chi connectivity index (χ0v) is 19.2. The Morgan fingerprint density at radius 2 is 1.81 bits per heavy atom. The molecular weight excluding hydrogens is 462 g/mol. The van der Waals surface area contributed by atoms with E-state index < -0.39 is 33.4 Å². The highest BCUT2D eigenvalue weighted by Crippen LogP contribution is 2.26. The number of non-ortho nitro benzene ring substituents is 1. The highest BCUT2D eigenvalue weighted by molar-refractivity contribution is 7.89. The normalized spacial score (nSPS) is 11.3. The molecule has 0 bridgehead atoms. The van der Waals surface area contributed by atoms with Crippen LogP contribution in [0.15, 0.2) is 41.3 Å². The van der Waals surface area contributed by atoms with Gasteiger partial charge in [-0.05, 0) is 30.7 Å². The Labute approximate surface area is 190 Å². The van der Waals surface area contributed by atoms with Crippen LogP contribution in [-0.2, 0) is 19.6 Å². The quantitative estimate of drug-likeness (QED) is 0.328.